The van der Waals surface area contributed by atoms with E-state index in [9.17, 15) is 4.79 Å². The van der Waals surface area contributed by atoms with Crippen LogP contribution in [0.15, 0.2) is 100 Å². The zero-order chi connectivity index (χ0) is 21.0. The van der Waals surface area contributed by atoms with E-state index >= 15 is 0 Å². The standard InChI is InChI=1S/C27H24N2O2/c30-25(17-16-23-14-8-18-31-23)29-27(21-11-5-2-6-12-21)24-15-7-13-22(26(24)28-29)19-20-9-3-1-4-10-20/h1-6,8-12,14,16-19,24,27H,7,13,15H2/b17-16+,22-19+/t24-,27-/m0/s1. The lowest BCUT2D eigenvalue weighted by atomic mass is 9.77. The number of hydrogen-bond acceptors (Lipinski definition) is 3. The molecule has 2 heterocycles. The van der Waals surface area contributed by atoms with Crippen LogP contribution in [0.1, 0.15) is 42.2 Å². The van der Waals surface area contributed by atoms with Crippen LogP contribution in [0.4, 0.5) is 0 Å². The summed E-state index contributed by atoms with van der Waals surface area (Å²) in [5.74, 6) is 0.719. The minimum atomic E-state index is -0.133. The molecule has 2 aliphatic rings. The quantitative estimate of drug-likeness (QED) is 0.489. The van der Waals surface area contributed by atoms with E-state index in [2.05, 4.69) is 30.3 Å². The third-order valence-electron chi connectivity index (χ3n) is 5.94. The number of rotatable bonds is 4. The van der Waals surface area contributed by atoms with Gasteiger partial charge in [-0.3, -0.25) is 4.79 Å². The Bertz CT molecular complexity index is 1130. The largest absolute Gasteiger partial charge is 0.465 e. The zero-order valence-corrected chi connectivity index (χ0v) is 17.2. The number of furan rings is 1. The summed E-state index contributed by atoms with van der Waals surface area (Å²) >= 11 is 0. The molecule has 4 nitrogen and oxygen atoms in total. The van der Waals surface area contributed by atoms with Crippen LogP contribution in [0.2, 0.25) is 0 Å². The van der Waals surface area contributed by atoms with Crippen LogP contribution in [0, 0.1) is 5.92 Å². The second-order valence-corrected chi connectivity index (χ2v) is 7.95. The third-order valence-corrected chi connectivity index (χ3v) is 5.94. The summed E-state index contributed by atoms with van der Waals surface area (Å²) in [4.78, 5) is 13.2. The summed E-state index contributed by atoms with van der Waals surface area (Å²) in [7, 11) is 0. The van der Waals surface area contributed by atoms with Crippen molar-refractivity contribution < 1.29 is 9.21 Å². The molecule has 154 valence electrons. The lowest BCUT2D eigenvalue weighted by molar-refractivity contribution is -0.128. The van der Waals surface area contributed by atoms with E-state index in [1.54, 1.807) is 23.4 Å². The molecule has 3 aromatic rings. The molecule has 1 amide bonds. The van der Waals surface area contributed by atoms with E-state index in [0.717, 1.165) is 30.5 Å². The summed E-state index contributed by atoms with van der Waals surface area (Å²) in [5.41, 5.74) is 4.56. The van der Waals surface area contributed by atoms with Gasteiger partial charge in [0.05, 0.1) is 18.0 Å². The van der Waals surface area contributed by atoms with Gasteiger partial charge in [0.15, 0.2) is 0 Å². The van der Waals surface area contributed by atoms with Gasteiger partial charge < -0.3 is 4.42 Å². The van der Waals surface area contributed by atoms with Crippen molar-refractivity contribution in [3.63, 3.8) is 0 Å². The first kappa shape index (κ1) is 19.3. The van der Waals surface area contributed by atoms with Gasteiger partial charge in [0.1, 0.15) is 5.76 Å². The van der Waals surface area contributed by atoms with Crippen molar-refractivity contribution >= 4 is 23.8 Å². The molecule has 0 radical (unpaired) electrons. The molecular weight excluding hydrogens is 384 g/mol. The number of nitrogens with zero attached hydrogens (tertiary/aromatic N) is 2. The van der Waals surface area contributed by atoms with E-state index < -0.39 is 0 Å². The number of fused-ring (bicyclic) bond motifs is 1. The summed E-state index contributed by atoms with van der Waals surface area (Å²) in [6.07, 6.45) is 10.2. The lowest BCUT2D eigenvalue weighted by Crippen LogP contribution is -2.30. The van der Waals surface area contributed by atoms with Crippen LogP contribution in [0.25, 0.3) is 12.2 Å². The fourth-order valence-corrected chi connectivity index (χ4v) is 4.53. The Labute approximate surface area is 182 Å². The molecule has 2 atom stereocenters. The minimum Gasteiger partial charge on any atom is -0.465 e. The van der Waals surface area contributed by atoms with Crippen LogP contribution < -0.4 is 0 Å². The molecule has 5 rings (SSSR count). The van der Waals surface area contributed by atoms with E-state index in [1.165, 1.54) is 11.1 Å². The van der Waals surface area contributed by atoms with Crippen molar-refractivity contribution in [3.05, 3.63) is 108 Å². The predicted octanol–water partition coefficient (Wildman–Crippen LogP) is 6.12. The van der Waals surface area contributed by atoms with Crippen LogP contribution in [0.3, 0.4) is 0 Å². The normalized spacial score (nSPS) is 22.0. The Morgan fingerprint density at radius 2 is 1.77 bits per heavy atom. The number of amides is 1. The van der Waals surface area contributed by atoms with Crippen molar-refractivity contribution in [2.75, 3.05) is 0 Å². The van der Waals surface area contributed by atoms with Crippen molar-refractivity contribution in [2.24, 2.45) is 11.0 Å². The predicted molar refractivity (Wildman–Crippen MR) is 123 cm³/mol. The molecule has 1 aliphatic carbocycles. The zero-order valence-electron chi connectivity index (χ0n) is 17.2. The first-order chi connectivity index (χ1) is 15.3. The van der Waals surface area contributed by atoms with Gasteiger partial charge in [-0.25, -0.2) is 5.01 Å². The highest BCUT2D eigenvalue weighted by atomic mass is 16.3. The average molecular weight is 409 g/mol. The third kappa shape index (κ3) is 4.02. The Kier molecular flexibility index (Phi) is 5.36. The highest BCUT2D eigenvalue weighted by Crippen LogP contribution is 2.44. The average Bonchev–Trinajstić information content (AvgIpc) is 3.47. The van der Waals surface area contributed by atoms with Crippen molar-refractivity contribution in [1.82, 2.24) is 5.01 Å². The summed E-state index contributed by atoms with van der Waals surface area (Å²) in [6, 6.07) is 24.1. The van der Waals surface area contributed by atoms with Crippen molar-refractivity contribution in [1.29, 1.82) is 0 Å². The number of carbonyl (C=O) groups excluding carboxylic acids is 1. The first-order valence-electron chi connectivity index (χ1n) is 10.7. The number of carbonyl (C=O) groups is 1. The van der Waals surface area contributed by atoms with Gasteiger partial charge in [0.2, 0.25) is 0 Å². The number of benzene rings is 2. The molecule has 0 saturated heterocycles. The second kappa shape index (κ2) is 8.60. The molecule has 1 aromatic heterocycles. The second-order valence-electron chi connectivity index (χ2n) is 7.95. The molecule has 31 heavy (non-hydrogen) atoms. The fraction of sp³-hybridized carbons (Fsp3) is 0.185. The van der Waals surface area contributed by atoms with Gasteiger partial charge in [-0.2, -0.15) is 5.10 Å². The van der Waals surface area contributed by atoms with Crippen LogP contribution >= 0.6 is 0 Å². The Morgan fingerprint density at radius 3 is 2.52 bits per heavy atom. The maximum atomic E-state index is 13.2. The molecule has 1 saturated carbocycles. The van der Waals surface area contributed by atoms with Crippen LogP contribution in [-0.2, 0) is 4.79 Å². The Hall–Kier alpha value is -3.66. The Morgan fingerprint density at radius 1 is 1.00 bits per heavy atom. The van der Waals surface area contributed by atoms with Crippen molar-refractivity contribution in [3.8, 4) is 0 Å². The van der Waals surface area contributed by atoms with Gasteiger partial charge in [0.25, 0.3) is 5.91 Å². The summed E-state index contributed by atoms with van der Waals surface area (Å²) < 4.78 is 5.33. The van der Waals surface area contributed by atoms with Gasteiger partial charge >= 0.3 is 0 Å². The fourth-order valence-electron chi connectivity index (χ4n) is 4.53. The molecular formula is C27H24N2O2. The highest BCUT2D eigenvalue weighted by molar-refractivity contribution is 6.08. The number of hydrogen-bond donors (Lipinski definition) is 0. The first-order valence-corrected chi connectivity index (χ1v) is 10.7. The number of allylic oxidation sites excluding steroid dienone is 1. The molecule has 0 spiro atoms. The van der Waals surface area contributed by atoms with E-state index in [4.69, 9.17) is 9.52 Å². The Balaban J connectivity index is 1.52. The maximum absolute atomic E-state index is 13.2. The maximum Gasteiger partial charge on any atom is 0.267 e. The molecule has 1 aliphatic heterocycles. The number of hydrazone groups is 1. The molecule has 0 N–H and O–H groups in total. The summed E-state index contributed by atoms with van der Waals surface area (Å²) in [5, 5.41) is 6.56. The topological polar surface area (TPSA) is 45.8 Å². The van der Waals surface area contributed by atoms with Gasteiger partial charge in [-0.05, 0) is 60.2 Å². The van der Waals surface area contributed by atoms with Gasteiger partial charge in [-0.15, -0.1) is 0 Å². The molecule has 0 bridgehead atoms. The van der Waals surface area contributed by atoms with Gasteiger partial charge in [-0.1, -0.05) is 60.7 Å². The molecule has 2 aromatic carbocycles. The lowest BCUT2D eigenvalue weighted by Gasteiger charge is -2.29. The monoisotopic (exact) mass is 408 g/mol. The van der Waals surface area contributed by atoms with Crippen LogP contribution in [-0.4, -0.2) is 16.6 Å². The minimum absolute atomic E-state index is 0.0931. The smallest absolute Gasteiger partial charge is 0.267 e. The van der Waals surface area contributed by atoms with E-state index in [1.807, 2.05) is 48.5 Å². The van der Waals surface area contributed by atoms with E-state index in [0.29, 0.717) is 5.76 Å². The van der Waals surface area contributed by atoms with Crippen LogP contribution in [0.5, 0.6) is 0 Å². The van der Waals surface area contributed by atoms with Crippen molar-refractivity contribution in [2.45, 2.75) is 25.3 Å². The molecule has 0 unspecified atom stereocenters. The summed E-state index contributed by atoms with van der Waals surface area (Å²) in [6.45, 7) is 0. The molecule has 1 fully saturated rings. The molecule has 4 heteroatoms. The SMILES string of the molecule is O=C(/C=C/c1ccco1)N1N=C2/C(=C/c3ccccc3)CCC[C@@H]2[C@@H]1c1ccccc1. The highest BCUT2D eigenvalue weighted by Gasteiger charge is 2.43. The van der Waals surface area contributed by atoms with Gasteiger partial charge in [0, 0.05) is 12.0 Å². The van der Waals surface area contributed by atoms with E-state index in [-0.39, 0.29) is 17.9 Å².